The van der Waals surface area contributed by atoms with E-state index < -0.39 is 0 Å². The van der Waals surface area contributed by atoms with E-state index in [0.717, 1.165) is 15.6 Å². The molecule has 2 rings (SSSR count). The van der Waals surface area contributed by atoms with Gasteiger partial charge in [0, 0.05) is 22.6 Å². The van der Waals surface area contributed by atoms with E-state index in [1.54, 1.807) is 6.07 Å². The maximum absolute atomic E-state index is 13.7. The molecule has 1 saturated carbocycles. The summed E-state index contributed by atoms with van der Waals surface area (Å²) in [6.45, 7) is 2.64. The molecule has 1 N–H and O–H groups in total. The molecule has 0 saturated heterocycles. The molecule has 17 heavy (non-hydrogen) atoms. The monoisotopic (exact) mass is 299 g/mol. The highest BCUT2D eigenvalue weighted by Crippen LogP contribution is 2.22. The van der Waals surface area contributed by atoms with E-state index in [2.05, 4.69) is 21.2 Å². The smallest absolute Gasteiger partial charge is 0.128 e. The SMILES string of the molecule is Cc1cc(CNC2CCCCC2)c(F)cc1Br. The minimum Gasteiger partial charge on any atom is -0.310 e. The van der Waals surface area contributed by atoms with Crippen molar-refractivity contribution in [2.75, 3.05) is 0 Å². The topological polar surface area (TPSA) is 12.0 Å². The van der Waals surface area contributed by atoms with Gasteiger partial charge in [-0.25, -0.2) is 4.39 Å². The molecular formula is C14H19BrFN. The molecule has 0 amide bonds. The van der Waals surface area contributed by atoms with E-state index in [1.165, 1.54) is 32.1 Å². The molecule has 1 aliphatic carbocycles. The zero-order valence-electron chi connectivity index (χ0n) is 10.2. The molecule has 0 aliphatic heterocycles. The van der Waals surface area contributed by atoms with E-state index in [1.807, 2.05) is 13.0 Å². The minimum atomic E-state index is -0.120. The first kappa shape index (κ1) is 13.0. The summed E-state index contributed by atoms with van der Waals surface area (Å²) in [5.74, 6) is -0.120. The molecule has 0 radical (unpaired) electrons. The molecule has 1 fully saturated rings. The van der Waals surface area contributed by atoms with Gasteiger partial charge in [0.05, 0.1) is 0 Å². The summed E-state index contributed by atoms with van der Waals surface area (Å²) in [4.78, 5) is 0. The molecule has 3 heteroatoms. The minimum absolute atomic E-state index is 0.120. The first-order valence-electron chi connectivity index (χ1n) is 6.34. The van der Waals surface area contributed by atoms with Crippen molar-refractivity contribution in [1.29, 1.82) is 0 Å². The Morgan fingerprint density at radius 2 is 2.00 bits per heavy atom. The molecular weight excluding hydrogens is 281 g/mol. The molecule has 1 aromatic rings. The number of nitrogens with one attached hydrogen (secondary N) is 1. The highest BCUT2D eigenvalue weighted by Gasteiger charge is 2.13. The molecule has 0 unspecified atom stereocenters. The van der Waals surface area contributed by atoms with Crippen LogP contribution in [0.25, 0.3) is 0 Å². The Balaban J connectivity index is 1.96. The van der Waals surface area contributed by atoms with Gasteiger partial charge < -0.3 is 5.32 Å². The van der Waals surface area contributed by atoms with Crippen LogP contribution in [0, 0.1) is 12.7 Å². The van der Waals surface area contributed by atoms with Gasteiger partial charge in [-0.1, -0.05) is 41.3 Å². The summed E-state index contributed by atoms with van der Waals surface area (Å²) in [6.07, 6.45) is 6.43. The van der Waals surface area contributed by atoms with Crippen LogP contribution >= 0.6 is 15.9 Å². The van der Waals surface area contributed by atoms with Gasteiger partial charge in [-0.15, -0.1) is 0 Å². The van der Waals surface area contributed by atoms with Crippen LogP contribution in [0.1, 0.15) is 43.2 Å². The number of hydrogen-bond donors (Lipinski definition) is 1. The molecule has 1 aromatic carbocycles. The summed E-state index contributed by atoms with van der Waals surface area (Å²) >= 11 is 3.35. The molecule has 0 bridgehead atoms. The quantitative estimate of drug-likeness (QED) is 0.876. The normalized spacial score (nSPS) is 17.4. The van der Waals surface area contributed by atoms with Crippen LogP contribution in [0.3, 0.4) is 0 Å². The van der Waals surface area contributed by atoms with Gasteiger partial charge in [-0.05, 0) is 31.4 Å². The van der Waals surface area contributed by atoms with Gasteiger partial charge in [0.2, 0.25) is 0 Å². The molecule has 94 valence electrons. The second-order valence-electron chi connectivity index (χ2n) is 4.91. The van der Waals surface area contributed by atoms with Crippen molar-refractivity contribution in [2.45, 2.75) is 51.6 Å². The Labute approximate surface area is 111 Å². The highest BCUT2D eigenvalue weighted by atomic mass is 79.9. The first-order valence-corrected chi connectivity index (χ1v) is 7.14. The third-order valence-electron chi connectivity index (χ3n) is 3.51. The van der Waals surface area contributed by atoms with Crippen molar-refractivity contribution in [1.82, 2.24) is 5.32 Å². The van der Waals surface area contributed by atoms with E-state index >= 15 is 0 Å². The molecule has 1 aliphatic rings. The van der Waals surface area contributed by atoms with Crippen LogP contribution < -0.4 is 5.32 Å². The van der Waals surface area contributed by atoms with E-state index in [9.17, 15) is 4.39 Å². The summed E-state index contributed by atoms with van der Waals surface area (Å²) in [7, 11) is 0. The van der Waals surface area contributed by atoms with Crippen molar-refractivity contribution in [3.63, 3.8) is 0 Å². The second-order valence-corrected chi connectivity index (χ2v) is 5.76. The number of rotatable bonds is 3. The van der Waals surface area contributed by atoms with E-state index in [0.29, 0.717) is 12.6 Å². The maximum atomic E-state index is 13.7. The standard InChI is InChI=1S/C14H19BrFN/c1-10-7-11(14(16)8-13(10)15)9-17-12-5-3-2-4-6-12/h7-8,12,17H,2-6,9H2,1H3. The third-order valence-corrected chi connectivity index (χ3v) is 4.37. The van der Waals surface area contributed by atoms with E-state index in [4.69, 9.17) is 0 Å². The second kappa shape index (κ2) is 5.96. The van der Waals surface area contributed by atoms with Gasteiger partial charge in [0.1, 0.15) is 5.82 Å². The Morgan fingerprint density at radius 1 is 1.29 bits per heavy atom. The zero-order chi connectivity index (χ0) is 12.3. The highest BCUT2D eigenvalue weighted by molar-refractivity contribution is 9.10. The van der Waals surface area contributed by atoms with Gasteiger partial charge >= 0.3 is 0 Å². The summed E-state index contributed by atoms with van der Waals surface area (Å²) in [6, 6.07) is 4.06. The fraction of sp³-hybridized carbons (Fsp3) is 0.571. The van der Waals surface area contributed by atoms with Crippen molar-refractivity contribution < 1.29 is 4.39 Å². The Hall–Kier alpha value is -0.410. The summed E-state index contributed by atoms with van der Waals surface area (Å²) < 4.78 is 14.6. The lowest BCUT2D eigenvalue weighted by atomic mass is 9.95. The molecule has 1 nitrogen and oxygen atoms in total. The van der Waals surface area contributed by atoms with Crippen LogP contribution in [-0.4, -0.2) is 6.04 Å². The number of halogens is 2. The van der Waals surface area contributed by atoms with Gasteiger partial charge in [0.25, 0.3) is 0 Å². The Morgan fingerprint density at radius 3 is 2.71 bits per heavy atom. The predicted molar refractivity (Wildman–Crippen MR) is 72.5 cm³/mol. The average molecular weight is 300 g/mol. The van der Waals surface area contributed by atoms with Crippen molar-refractivity contribution >= 4 is 15.9 Å². The number of aryl methyl sites for hydroxylation is 1. The zero-order valence-corrected chi connectivity index (χ0v) is 11.8. The molecule has 0 aromatic heterocycles. The Kier molecular flexibility index (Phi) is 4.57. The van der Waals surface area contributed by atoms with Crippen molar-refractivity contribution in [3.05, 3.63) is 33.5 Å². The lowest BCUT2D eigenvalue weighted by Crippen LogP contribution is -2.30. The molecule has 0 atom stereocenters. The Bertz CT molecular complexity index is 386. The summed E-state index contributed by atoms with van der Waals surface area (Å²) in [5, 5.41) is 3.47. The van der Waals surface area contributed by atoms with Gasteiger partial charge in [-0.3, -0.25) is 0 Å². The summed E-state index contributed by atoms with van der Waals surface area (Å²) in [5.41, 5.74) is 1.86. The first-order chi connectivity index (χ1) is 8.16. The number of hydrogen-bond acceptors (Lipinski definition) is 1. The largest absolute Gasteiger partial charge is 0.310 e. The van der Waals surface area contributed by atoms with Crippen LogP contribution in [0.15, 0.2) is 16.6 Å². The van der Waals surface area contributed by atoms with Gasteiger partial charge in [-0.2, -0.15) is 0 Å². The lowest BCUT2D eigenvalue weighted by Gasteiger charge is -2.23. The van der Waals surface area contributed by atoms with Crippen LogP contribution in [0.4, 0.5) is 4.39 Å². The van der Waals surface area contributed by atoms with Crippen LogP contribution in [-0.2, 0) is 6.54 Å². The molecule has 0 spiro atoms. The van der Waals surface area contributed by atoms with Gasteiger partial charge in [0.15, 0.2) is 0 Å². The molecule has 0 heterocycles. The lowest BCUT2D eigenvalue weighted by molar-refractivity contribution is 0.370. The number of benzene rings is 1. The van der Waals surface area contributed by atoms with Crippen LogP contribution in [0.2, 0.25) is 0 Å². The van der Waals surface area contributed by atoms with Crippen molar-refractivity contribution in [3.8, 4) is 0 Å². The van der Waals surface area contributed by atoms with Crippen LogP contribution in [0.5, 0.6) is 0 Å². The van der Waals surface area contributed by atoms with E-state index in [-0.39, 0.29) is 5.82 Å². The van der Waals surface area contributed by atoms with Crippen molar-refractivity contribution in [2.24, 2.45) is 0 Å². The average Bonchev–Trinajstić information content (AvgIpc) is 2.33. The fourth-order valence-corrected chi connectivity index (χ4v) is 2.73. The third kappa shape index (κ3) is 3.52. The predicted octanol–water partition coefficient (Wildman–Crippen LogP) is 4.32. The fourth-order valence-electron chi connectivity index (χ4n) is 2.41. The maximum Gasteiger partial charge on any atom is 0.128 e.